The molecule has 1 N–H and O–H groups in total. The van der Waals surface area contributed by atoms with E-state index in [-0.39, 0.29) is 12.2 Å². The lowest BCUT2D eigenvalue weighted by atomic mass is 10.0. The third kappa shape index (κ3) is 2.20. The molecule has 0 saturated heterocycles. The molecule has 0 radical (unpaired) electrons. The zero-order valence-corrected chi connectivity index (χ0v) is 8.02. The highest BCUT2D eigenvalue weighted by Crippen LogP contribution is 2.34. The molecule has 1 saturated carbocycles. The Morgan fingerprint density at radius 1 is 1.36 bits per heavy atom. The average Bonchev–Trinajstić information content (AvgIpc) is 3.02. The molecule has 1 aliphatic rings. The van der Waals surface area contributed by atoms with Crippen molar-refractivity contribution in [3.8, 4) is 0 Å². The summed E-state index contributed by atoms with van der Waals surface area (Å²) < 4.78 is 0. The van der Waals surface area contributed by atoms with Crippen molar-refractivity contribution in [1.29, 1.82) is 0 Å². The van der Waals surface area contributed by atoms with Crippen molar-refractivity contribution < 1.29 is 9.90 Å². The molecule has 0 aromatic heterocycles. The number of hydrogen-bond donors (Lipinski definition) is 1. The zero-order chi connectivity index (χ0) is 9.97. The van der Waals surface area contributed by atoms with Crippen LogP contribution in [0.4, 0.5) is 0 Å². The lowest BCUT2D eigenvalue weighted by Crippen LogP contribution is -2.15. The highest BCUT2D eigenvalue weighted by atomic mass is 16.3. The van der Waals surface area contributed by atoms with Crippen LogP contribution >= 0.6 is 0 Å². The van der Waals surface area contributed by atoms with Gasteiger partial charge < -0.3 is 5.11 Å². The molecule has 1 atom stereocenters. The van der Waals surface area contributed by atoms with Crippen molar-refractivity contribution in [2.24, 2.45) is 5.92 Å². The Hall–Kier alpha value is -1.15. The third-order valence-corrected chi connectivity index (χ3v) is 2.66. The summed E-state index contributed by atoms with van der Waals surface area (Å²) in [5, 5.41) is 9.60. The third-order valence-electron chi connectivity index (χ3n) is 2.66. The number of carbonyl (C=O) groups is 1. The number of aliphatic hydroxyl groups is 1. The van der Waals surface area contributed by atoms with Gasteiger partial charge in [-0.1, -0.05) is 30.3 Å². The predicted molar refractivity (Wildman–Crippen MR) is 54.1 cm³/mol. The van der Waals surface area contributed by atoms with E-state index < -0.39 is 6.10 Å². The van der Waals surface area contributed by atoms with E-state index in [2.05, 4.69) is 0 Å². The van der Waals surface area contributed by atoms with E-state index in [1.165, 1.54) is 0 Å². The SMILES string of the molecule is O=C(CC(O)C1CC1)c1ccccc1. The summed E-state index contributed by atoms with van der Waals surface area (Å²) in [5.41, 5.74) is 0.701. The number of aliphatic hydroxyl groups excluding tert-OH is 1. The van der Waals surface area contributed by atoms with Crippen LogP contribution in [0.15, 0.2) is 30.3 Å². The molecular formula is C12H14O2. The molecule has 0 amide bonds. The van der Waals surface area contributed by atoms with Crippen LogP contribution in [0, 0.1) is 5.92 Å². The van der Waals surface area contributed by atoms with Crippen molar-refractivity contribution in [3.05, 3.63) is 35.9 Å². The van der Waals surface area contributed by atoms with Gasteiger partial charge in [0.2, 0.25) is 0 Å². The van der Waals surface area contributed by atoms with Gasteiger partial charge in [-0.05, 0) is 18.8 Å². The predicted octanol–water partition coefficient (Wildman–Crippen LogP) is 2.03. The molecule has 2 nitrogen and oxygen atoms in total. The zero-order valence-electron chi connectivity index (χ0n) is 8.02. The second-order valence-corrected chi connectivity index (χ2v) is 3.90. The molecule has 74 valence electrons. The van der Waals surface area contributed by atoms with Crippen molar-refractivity contribution in [3.63, 3.8) is 0 Å². The molecular weight excluding hydrogens is 176 g/mol. The average molecular weight is 190 g/mol. The lowest BCUT2D eigenvalue weighted by Gasteiger charge is -2.07. The van der Waals surface area contributed by atoms with Crippen molar-refractivity contribution in [2.45, 2.75) is 25.4 Å². The topological polar surface area (TPSA) is 37.3 Å². The standard InChI is InChI=1S/C12H14O2/c13-11(8-12(14)10-6-7-10)9-4-2-1-3-5-9/h1-5,10,12,14H,6-8H2. The first-order valence-corrected chi connectivity index (χ1v) is 5.03. The molecule has 0 aliphatic heterocycles. The molecule has 1 aromatic carbocycles. The quantitative estimate of drug-likeness (QED) is 0.737. The number of Topliss-reactive ketones (excluding diaryl/α,β-unsaturated/α-hetero) is 1. The Balaban J connectivity index is 1.95. The fourth-order valence-electron chi connectivity index (χ4n) is 1.58. The number of carbonyl (C=O) groups excluding carboxylic acids is 1. The smallest absolute Gasteiger partial charge is 0.165 e. The minimum absolute atomic E-state index is 0.0463. The molecule has 1 aromatic rings. The lowest BCUT2D eigenvalue weighted by molar-refractivity contribution is 0.0846. The Morgan fingerprint density at radius 3 is 2.57 bits per heavy atom. The highest BCUT2D eigenvalue weighted by molar-refractivity contribution is 5.96. The summed E-state index contributed by atoms with van der Waals surface area (Å²) in [6, 6.07) is 9.16. The maximum Gasteiger partial charge on any atom is 0.165 e. The molecule has 2 heteroatoms. The number of hydrogen-bond acceptors (Lipinski definition) is 2. The molecule has 1 fully saturated rings. The van der Waals surface area contributed by atoms with Crippen molar-refractivity contribution in [2.75, 3.05) is 0 Å². The molecule has 1 unspecified atom stereocenters. The first-order valence-electron chi connectivity index (χ1n) is 5.03. The Kier molecular flexibility index (Phi) is 2.64. The van der Waals surface area contributed by atoms with Gasteiger partial charge in [-0.15, -0.1) is 0 Å². The highest BCUT2D eigenvalue weighted by Gasteiger charge is 2.31. The molecule has 0 heterocycles. The Morgan fingerprint density at radius 2 is 2.00 bits per heavy atom. The second kappa shape index (κ2) is 3.93. The van der Waals surface area contributed by atoms with Crippen LogP contribution in [0.5, 0.6) is 0 Å². The van der Waals surface area contributed by atoms with E-state index in [1.54, 1.807) is 12.1 Å². The summed E-state index contributed by atoms with van der Waals surface area (Å²) >= 11 is 0. The van der Waals surface area contributed by atoms with Gasteiger partial charge in [0.1, 0.15) is 0 Å². The minimum atomic E-state index is -0.428. The first-order chi connectivity index (χ1) is 6.77. The van der Waals surface area contributed by atoms with Gasteiger partial charge in [-0.3, -0.25) is 4.79 Å². The van der Waals surface area contributed by atoms with Gasteiger partial charge in [-0.25, -0.2) is 0 Å². The summed E-state index contributed by atoms with van der Waals surface area (Å²) in [6.45, 7) is 0. The van der Waals surface area contributed by atoms with Crippen LogP contribution in [-0.2, 0) is 0 Å². The summed E-state index contributed by atoms with van der Waals surface area (Å²) in [7, 11) is 0. The van der Waals surface area contributed by atoms with Gasteiger partial charge in [0.15, 0.2) is 5.78 Å². The van der Waals surface area contributed by atoms with Crippen LogP contribution < -0.4 is 0 Å². The summed E-state index contributed by atoms with van der Waals surface area (Å²) in [5.74, 6) is 0.424. The Labute approximate surface area is 83.6 Å². The second-order valence-electron chi connectivity index (χ2n) is 3.90. The maximum absolute atomic E-state index is 11.6. The summed E-state index contributed by atoms with van der Waals surface area (Å²) in [4.78, 5) is 11.6. The van der Waals surface area contributed by atoms with E-state index in [4.69, 9.17) is 0 Å². The van der Waals surface area contributed by atoms with Crippen LogP contribution in [0.25, 0.3) is 0 Å². The Bertz CT molecular complexity index is 314. The number of rotatable bonds is 4. The largest absolute Gasteiger partial charge is 0.392 e. The molecule has 0 bridgehead atoms. The van der Waals surface area contributed by atoms with Gasteiger partial charge in [0.05, 0.1) is 6.10 Å². The van der Waals surface area contributed by atoms with Crippen molar-refractivity contribution >= 4 is 5.78 Å². The van der Waals surface area contributed by atoms with E-state index in [9.17, 15) is 9.90 Å². The molecule has 1 aliphatic carbocycles. The van der Waals surface area contributed by atoms with Gasteiger partial charge in [0, 0.05) is 12.0 Å². The van der Waals surface area contributed by atoms with Gasteiger partial charge in [-0.2, -0.15) is 0 Å². The van der Waals surface area contributed by atoms with E-state index in [1.807, 2.05) is 18.2 Å². The maximum atomic E-state index is 11.6. The molecule has 0 spiro atoms. The normalized spacial score (nSPS) is 17.8. The minimum Gasteiger partial charge on any atom is -0.392 e. The molecule has 14 heavy (non-hydrogen) atoms. The fraction of sp³-hybridized carbons (Fsp3) is 0.417. The van der Waals surface area contributed by atoms with E-state index in [0.29, 0.717) is 11.5 Å². The van der Waals surface area contributed by atoms with Crippen LogP contribution in [0.2, 0.25) is 0 Å². The monoisotopic (exact) mass is 190 g/mol. The van der Waals surface area contributed by atoms with Gasteiger partial charge in [0.25, 0.3) is 0 Å². The molecule has 2 rings (SSSR count). The van der Waals surface area contributed by atoms with E-state index >= 15 is 0 Å². The van der Waals surface area contributed by atoms with E-state index in [0.717, 1.165) is 12.8 Å². The number of benzene rings is 1. The van der Waals surface area contributed by atoms with Crippen molar-refractivity contribution in [1.82, 2.24) is 0 Å². The first kappa shape index (κ1) is 9.41. The fourth-order valence-corrected chi connectivity index (χ4v) is 1.58. The number of ketones is 1. The summed E-state index contributed by atoms with van der Waals surface area (Å²) in [6.07, 6.45) is 1.99. The van der Waals surface area contributed by atoms with Crippen LogP contribution in [0.1, 0.15) is 29.6 Å². The van der Waals surface area contributed by atoms with Crippen LogP contribution in [-0.4, -0.2) is 17.0 Å². The van der Waals surface area contributed by atoms with Gasteiger partial charge >= 0.3 is 0 Å². The van der Waals surface area contributed by atoms with Crippen LogP contribution in [0.3, 0.4) is 0 Å².